The number of aryl methyl sites for hydroxylation is 1. The van der Waals surface area contributed by atoms with Gasteiger partial charge in [-0.3, -0.25) is 9.89 Å². The SMILES string of the molecule is Cc1[nH]nc(NC(=O)c2ccccc2Cl)c1C(=O)O. The summed E-state index contributed by atoms with van der Waals surface area (Å²) >= 11 is 5.89. The lowest BCUT2D eigenvalue weighted by Gasteiger charge is -2.04. The fourth-order valence-corrected chi connectivity index (χ4v) is 1.82. The van der Waals surface area contributed by atoms with Crippen LogP contribution in [0.1, 0.15) is 26.4 Å². The van der Waals surface area contributed by atoms with E-state index in [2.05, 4.69) is 15.5 Å². The number of halogens is 1. The molecule has 0 saturated heterocycles. The number of hydrogen-bond acceptors (Lipinski definition) is 3. The van der Waals surface area contributed by atoms with E-state index in [1.165, 1.54) is 6.07 Å². The Labute approximate surface area is 113 Å². The van der Waals surface area contributed by atoms with Gasteiger partial charge in [-0.1, -0.05) is 23.7 Å². The maximum atomic E-state index is 12.0. The van der Waals surface area contributed by atoms with E-state index in [0.717, 1.165) is 0 Å². The number of rotatable bonds is 3. The second kappa shape index (κ2) is 5.11. The normalized spacial score (nSPS) is 10.2. The number of aromatic amines is 1. The molecule has 6 nitrogen and oxygen atoms in total. The monoisotopic (exact) mass is 279 g/mol. The molecule has 0 radical (unpaired) electrons. The first kappa shape index (κ1) is 13.1. The number of carbonyl (C=O) groups excluding carboxylic acids is 1. The van der Waals surface area contributed by atoms with Crippen molar-refractivity contribution in [3.63, 3.8) is 0 Å². The molecule has 2 rings (SSSR count). The highest BCUT2D eigenvalue weighted by molar-refractivity contribution is 6.34. The molecule has 1 aromatic carbocycles. The summed E-state index contributed by atoms with van der Waals surface area (Å²) in [4.78, 5) is 23.0. The Hall–Kier alpha value is -2.34. The summed E-state index contributed by atoms with van der Waals surface area (Å²) in [5.41, 5.74) is 0.545. The molecule has 19 heavy (non-hydrogen) atoms. The van der Waals surface area contributed by atoms with Crippen molar-refractivity contribution in [3.8, 4) is 0 Å². The summed E-state index contributed by atoms with van der Waals surface area (Å²) in [6, 6.07) is 6.47. The molecular weight excluding hydrogens is 270 g/mol. The number of carboxylic acids is 1. The Bertz CT molecular complexity index is 651. The maximum absolute atomic E-state index is 12.0. The number of aromatic carboxylic acids is 1. The van der Waals surface area contributed by atoms with Gasteiger partial charge in [-0.2, -0.15) is 5.10 Å². The van der Waals surface area contributed by atoms with E-state index in [1.54, 1.807) is 25.1 Å². The molecule has 1 heterocycles. The molecule has 0 spiro atoms. The van der Waals surface area contributed by atoms with Crippen LogP contribution in [0.25, 0.3) is 0 Å². The van der Waals surface area contributed by atoms with Crippen LogP contribution in [-0.2, 0) is 0 Å². The van der Waals surface area contributed by atoms with Crippen LogP contribution in [0.15, 0.2) is 24.3 Å². The highest BCUT2D eigenvalue weighted by Crippen LogP contribution is 2.19. The lowest BCUT2D eigenvalue weighted by atomic mass is 10.2. The third kappa shape index (κ3) is 2.58. The van der Waals surface area contributed by atoms with E-state index in [9.17, 15) is 9.59 Å². The van der Waals surface area contributed by atoms with Crippen LogP contribution in [0.4, 0.5) is 5.82 Å². The van der Waals surface area contributed by atoms with Crippen LogP contribution < -0.4 is 5.32 Å². The number of aromatic nitrogens is 2. The maximum Gasteiger partial charge on any atom is 0.341 e. The van der Waals surface area contributed by atoms with Crippen molar-refractivity contribution < 1.29 is 14.7 Å². The summed E-state index contributed by atoms with van der Waals surface area (Å²) in [5.74, 6) is -1.71. The summed E-state index contributed by atoms with van der Waals surface area (Å²) in [6.45, 7) is 1.56. The van der Waals surface area contributed by atoms with Crippen molar-refractivity contribution >= 4 is 29.3 Å². The van der Waals surface area contributed by atoms with Gasteiger partial charge in [0.05, 0.1) is 10.6 Å². The predicted molar refractivity (Wildman–Crippen MR) is 69.7 cm³/mol. The molecule has 0 atom stereocenters. The predicted octanol–water partition coefficient (Wildman–Crippen LogP) is 2.32. The largest absolute Gasteiger partial charge is 0.477 e. The van der Waals surface area contributed by atoms with Gasteiger partial charge in [-0.15, -0.1) is 0 Å². The number of carbonyl (C=O) groups is 2. The highest BCUT2D eigenvalue weighted by Gasteiger charge is 2.20. The Balaban J connectivity index is 2.30. The lowest BCUT2D eigenvalue weighted by molar-refractivity contribution is 0.0697. The second-order valence-corrected chi connectivity index (χ2v) is 4.22. The van der Waals surface area contributed by atoms with E-state index in [-0.39, 0.29) is 22.0 Å². The third-order valence-corrected chi connectivity index (χ3v) is 2.84. The van der Waals surface area contributed by atoms with E-state index >= 15 is 0 Å². The van der Waals surface area contributed by atoms with Gasteiger partial charge in [-0.05, 0) is 19.1 Å². The third-order valence-electron chi connectivity index (χ3n) is 2.51. The summed E-state index contributed by atoms with van der Waals surface area (Å²) in [6.07, 6.45) is 0. The van der Waals surface area contributed by atoms with Crippen molar-refractivity contribution in [2.45, 2.75) is 6.92 Å². The molecule has 7 heteroatoms. The minimum Gasteiger partial charge on any atom is -0.477 e. The van der Waals surface area contributed by atoms with E-state index in [1.807, 2.05) is 0 Å². The van der Waals surface area contributed by atoms with Gasteiger partial charge in [0.15, 0.2) is 5.82 Å². The lowest BCUT2D eigenvalue weighted by Crippen LogP contribution is -2.15. The number of nitrogens with zero attached hydrogens (tertiary/aromatic N) is 1. The van der Waals surface area contributed by atoms with Crippen LogP contribution in [0, 0.1) is 6.92 Å². The van der Waals surface area contributed by atoms with Gasteiger partial charge >= 0.3 is 5.97 Å². The number of H-pyrrole nitrogens is 1. The van der Waals surface area contributed by atoms with Crippen LogP contribution in [0.5, 0.6) is 0 Å². The molecule has 1 amide bonds. The van der Waals surface area contributed by atoms with Crippen LogP contribution in [0.2, 0.25) is 5.02 Å². The average molecular weight is 280 g/mol. The summed E-state index contributed by atoms with van der Waals surface area (Å²) < 4.78 is 0. The standard InChI is InChI=1S/C12H10ClN3O3/c1-6-9(12(18)19)10(16-15-6)14-11(17)7-4-2-3-5-8(7)13/h2-5H,1H3,(H,18,19)(H2,14,15,16,17). The van der Waals surface area contributed by atoms with E-state index in [4.69, 9.17) is 16.7 Å². The molecule has 0 saturated carbocycles. The molecule has 1 aromatic heterocycles. The van der Waals surface area contributed by atoms with Crippen molar-refractivity contribution in [1.29, 1.82) is 0 Å². The van der Waals surface area contributed by atoms with Crippen molar-refractivity contribution in [2.24, 2.45) is 0 Å². The molecule has 0 bridgehead atoms. The van der Waals surface area contributed by atoms with E-state index in [0.29, 0.717) is 5.69 Å². The van der Waals surface area contributed by atoms with Gasteiger partial charge in [-0.25, -0.2) is 4.79 Å². The molecule has 2 aromatic rings. The zero-order chi connectivity index (χ0) is 14.0. The van der Waals surface area contributed by atoms with Crippen molar-refractivity contribution in [1.82, 2.24) is 10.2 Å². The summed E-state index contributed by atoms with van der Waals surface area (Å²) in [7, 11) is 0. The van der Waals surface area contributed by atoms with Gasteiger partial charge in [0, 0.05) is 5.69 Å². The molecule has 0 unspecified atom stereocenters. The van der Waals surface area contributed by atoms with Gasteiger partial charge < -0.3 is 10.4 Å². The van der Waals surface area contributed by atoms with Gasteiger partial charge in [0.1, 0.15) is 5.56 Å². The number of amides is 1. The van der Waals surface area contributed by atoms with Crippen LogP contribution in [-0.4, -0.2) is 27.2 Å². The molecule has 0 aliphatic carbocycles. The molecule has 0 aliphatic heterocycles. The molecule has 98 valence electrons. The zero-order valence-electron chi connectivity index (χ0n) is 9.90. The highest BCUT2D eigenvalue weighted by atomic mass is 35.5. The molecular formula is C12H10ClN3O3. The fraction of sp³-hybridized carbons (Fsp3) is 0.0833. The Morgan fingerprint density at radius 1 is 1.37 bits per heavy atom. The minimum atomic E-state index is -1.17. The van der Waals surface area contributed by atoms with Crippen molar-refractivity contribution in [3.05, 3.63) is 46.1 Å². The minimum absolute atomic E-state index is 0.0325. The molecule has 3 N–H and O–H groups in total. The number of hydrogen-bond donors (Lipinski definition) is 3. The van der Waals surface area contributed by atoms with Crippen molar-refractivity contribution in [2.75, 3.05) is 5.32 Å². The van der Waals surface area contributed by atoms with E-state index < -0.39 is 11.9 Å². The first-order valence-electron chi connectivity index (χ1n) is 5.35. The van der Waals surface area contributed by atoms with Crippen LogP contribution >= 0.6 is 11.6 Å². The quantitative estimate of drug-likeness (QED) is 0.803. The number of anilines is 1. The first-order chi connectivity index (χ1) is 9.00. The van der Waals surface area contributed by atoms with Gasteiger partial charge in [0.2, 0.25) is 0 Å². The topological polar surface area (TPSA) is 95.1 Å². The Morgan fingerprint density at radius 3 is 2.68 bits per heavy atom. The second-order valence-electron chi connectivity index (χ2n) is 3.81. The average Bonchev–Trinajstić information content (AvgIpc) is 2.70. The molecule has 0 aliphatic rings. The first-order valence-corrected chi connectivity index (χ1v) is 5.72. The fourth-order valence-electron chi connectivity index (χ4n) is 1.60. The smallest absolute Gasteiger partial charge is 0.341 e. The number of benzene rings is 1. The number of nitrogens with one attached hydrogen (secondary N) is 2. The Morgan fingerprint density at radius 2 is 2.05 bits per heavy atom. The molecule has 0 fully saturated rings. The van der Waals surface area contributed by atoms with Crippen LogP contribution in [0.3, 0.4) is 0 Å². The van der Waals surface area contributed by atoms with Gasteiger partial charge in [0.25, 0.3) is 5.91 Å². The zero-order valence-corrected chi connectivity index (χ0v) is 10.7. The summed E-state index contributed by atoms with van der Waals surface area (Å²) in [5, 5.41) is 18.0. The Kier molecular flexibility index (Phi) is 3.52. The number of carboxylic acid groups (broad SMARTS) is 1.